The van der Waals surface area contributed by atoms with Crippen molar-refractivity contribution in [3.05, 3.63) is 15.6 Å². The number of ether oxygens (including phenoxy) is 1. The van der Waals surface area contributed by atoms with Gasteiger partial charge in [0, 0.05) is 50.6 Å². The fraction of sp³-hybridized carbons (Fsp3) is 0.818. The average Bonchev–Trinajstić information content (AvgIpc) is 3.15. The van der Waals surface area contributed by atoms with E-state index in [0.717, 1.165) is 58.2 Å². The Bertz CT molecular complexity index is 622. The summed E-state index contributed by atoms with van der Waals surface area (Å²) in [5, 5.41) is 8.35. The second-order valence-corrected chi connectivity index (χ2v) is 9.77. The van der Waals surface area contributed by atoms with Crippen LogP contribution in [0.25, 0.3) is 0 Å². The number of halogens is 1. The number of nitrogens with one attached hydrogen (secondary N) is 2. The van der Waals surface area contributed by atoms with Crippen molar-refractivity contribution in [1.82, 2.24) is 20.5 Å². The van der Waals surface area contributed by atoms with E-state index in [1.807, 2.05) is 18.4 Å². The molecule has 1 aliphatic heterocycles. The summed E-state index contributed by atoms with van der Waals surface area (Å²) < 4.78 is 5.53. The fourth-order valence-corrected chi connectivity index (χ4v) is 5.44. The first kappa shape index (κ1) is 25.8. The van der Waals surface area contributed by atoms with Crippen LogP contribution in [0.15, 0.2) is 4.99 Å². The van der Waals surface area contributed by atoms with Gasteiger partial charge in [0.2, 0.25) is 0 Å². The molecular weight excluding hydrogens is 509 g/mol. The summed E-state index contributed by atoms with van der Waals surface area (Å²) >= 11 is 1.94. The van der Waals surface area contributed by atoms with E-state index in [1.54, 1.807) is 0 Å². The van der Waals surface area contributed by atoms with Crippen molar-refractivity contribution in [3.63, 3.8) is 0 Å². The fourth-order valence-electron chi connectivity index (χ4n) is 4.24. The molecule has 0 spiro atoms. The van der Waals surface area contributed by atoms with Crippen molar-refractivity contribution in [1.29, 1.82) is 0 Å². The molecule has 1 saturated heterocycles. The highest BCUT2D eigenvalue weighted by molar-refractivity contribution is 14.0. The Kier molecular flexibility index (Phi) is 11.9. The van der Waals surface area contributed by atoms with Gasteiger partial charge in [-0.3, -0.25) is 9.89 Å². The van der Waals surface area contributed by atoms with Crippen LogP contribution in [0.3, 0.4) is 0 Å². The Morgan fingerprint density at radius 1 is 1.20 bits per heavy atom. The van der Waals surface area contributed by atoms with Crippen molar-refractivity contribution in [2.24, 2.45) is 10.9 Å². The standard InChI is InChI=1S/C22H39N5OS.HI/c1-17(2)15-18(27-11-13-28-14-12-27)16-25-22(23-3)24-10-6-9-21-26-19-7-4-5-8-20(19)29-21;/h17-18H,4-16H2,1-3H3,(H2,23,24,25);1H. The molecule has 2 aliphatic rings. The predicted molar refractivity (Wildman–Crippen MR) is 137 cm³/mol. The zero-order valence-corrected chi connectivity index (χ0v) is 22.1. The normalized spacial score (nSPS) is 18.6. The molecule has 0 radical (unpaired) electrons. The third kappa shape index (κ3) is 8.24. The van der Waals surface area contributed by atoms with E-state index >= 15 is 0 Å². The van der Waals surface area contributed by atoms with E-state index < -0.39 is 0 Å². The topological polar surface area (TPSA) is 61.8 Å². The van der Waals surface area contributed by atoms with Crippen LogP contribution in [0.1, 0.15) is 55.1 Å². The van der Waals surface area contributed by atoms with Gasteiger partial charge < -0.3 is 15.4 Å². The molecule has 2 heterocycles. The van der Waals surface area contributed by atoms with Crippen LogP contribution in [0.2, 0.25) is 0 Å². The molecule has 1 unspecified atom stereocenters. The van der Waals surface area contributed by atoms with Crippen LogP contribution >= 0.6 is 35.3 Å². The maximum atomic E-state index is 5.53. The summed E-state index contributed by atoms with van der Waals surface area (Å²) in [6.45, 7) is 10.2. The van der Waals surface area contributed by atoms with Gasteiger partial charge in [-0.25, -0.2) is 4.98 Å². The Morgan fingerprint density at radius 2 is 1.97 bits per heavy atom. The molecule has 1 atom stereocenters. The molecule has 172 valence electrons. The molecule has 1 aliphatic carbocycles. The maximum Gasteiger partial charge on any atom is 0.191 e. The van der Waals surface area contributed by atoms with Crippen molar-refractivity contribution in [2.75, 3.05) is 46.4 Å². The van der Waals surface area contributed by atoms with Gasteiger partial charge in [-0.2, -0.15) is 0 Å². The van der Waals surface area contributed by atoms with Gasteiger partial charge in [-0.1, -0.05) is 13.8 Å². The number of hydrogen-bond acceptors (Lipinski definition) is 5. The number of aromatic nitrogens is 1. The van der Waals surface area contributed by atoms with Gasteiger partial charge in [0.05, 0.1) is 23.9 Å². The highest BCUT2D eigenvalue weighted by Crippen LogP contribution is 2.27. The summed E-state index contributed by atoms with van der Waals surface area (Å²) in [6, 6.07) is 0.527. The van der Waals surface area contributed by atoms with Crippen molar-refractivity contribution >= 4 is 41.3 Å². The summed E-state index contributed by atoms with van der Waals surface area (Å²) in [7, 11) is 1.86. The molecule has 0 bridgehead atoms. The highest BCUT2D eigenvalue weighted by Gasteiger charge is 2.22. The lowest BCUT2D eigenvalue weighted by atomic mass is 10.0. The van der Waals surface area contributed by atoms with Crippen LogP contribution in [0, 0.1) is 5.92 Å². The third-order valence-electron chi connectivity index (χ3n) is 5.78. The Morgan fingerprint density at radius 3 is 2.67 bits per heavy atom. The van der Waals surface area contributed by atoms with Gasteiger partial charge in [-0.15, -0.1) is 35.3 Å². The first-order valence-electron chi connectivity index (χ1n) is 11.4. The molecule has 0 aromatic carbocycles. The number of aliphatic imine (C=N–C) groups is 1. The summed E-state index contributed by atoms with van der Waals surface area (Å²) in [6.07, 6.45) is 8.41. The van der Waals surface area contributed by atoms with E-state index in [-0.39, 0.29) is 24.0 Å². The zero-order valence-electron chi connectivity index (χ0n) is 18.9. The van der Waals surface area contributed by atoms with E-state index in [4.69, 9.17) is 9.72 Å². The molecule has 1 fully saturated rings. The average molecular weight is 550 g/mol. The second kappa shape index (κ2) is 13.9. The number of morpholine rings is 1. The van der Waals surface area contributed by atoms with Crippen molar-refractivity contribution in [2.45, 2.75) is 64.8 Å². The number of thiazole rings is 1. The number of nitrogens with zero attached hydrogens (tertiary/aromatic N) is 3. The van der Waals surface area contributed by atoms with Crippen molar-refractivity contribution in [3.8, 4) is 0 Å². The first-order valence-corrected chi connectivity index (χ1v) is 12.2. The molecule has 30 heavy (non-hydrogen) atoms. The quantitative estimate of drug-likeness (QED) is 0.214. The lowest BCUT2D eigenvalue weighted by Gasteiger charge is -2.35. The number of fused-ring (bicyclic) bond motifs is 1. The van der Waals surface area contributed by atoms with Gasteiger partial charge in [0.1, 0.15) is 0 Å². The molecule has 2 N–H and O–H groups in total. The Hall–Kier alpha value is -0.450. The number of rotatable bonds is 9. The van der Waals surface area contributed by atoms with Gasteiger partial charge in [0.15, 0.2) is 5.96 Å². The molecule has 6 nitrogen and oxygen atoms in total. The Labute approximate surface area is 203 Å². The largest absolute Gasteiger partial charge is 0.379 e. The van der Waals surface area contributed by atoms with Crippen LogP contribution in [0.4, 0.5) is 0 Å². The van der Waals surface area contributed by atoms with Gasteiger partial charge in [-0.05, 0) is 44.4 Å². The smallest absolute Gasteiger partial charge is 0.191 e. The van der Waals surface area contributed by atoms with E-state index in [9.17, 15) is 0 Å². The lowest BCUT2D eigenvalue weighted by molar-refractivity contribution is 0.0132. The lowest BCUT2D eigenvalue weighted by Crippen LogP contribution is -2.51. The number of guanidine groups is 1. The third-order valence-corrected chi connectivity index (χ3v) is 7.00. The van der Waals surface area contributed by atoms with Gasteiger partial charge >= 0.3 is 0 Å². The van der Waals surface area contributed by atoms with E-state index in [2.05, 4.69) is 34.4 Å². The highest BCUT2D eigenvalue weighted by atomic mass is 127. The maximum absolute atomic E-state index is 5.53. The monoisotopic (exact) mass is 549 g/mol. The molecule has 0 saturated carbocycles. The number of hydrogen-bond donors (Lipinski definition) is 2. The molecule has 8 heteroatoms. The van der Waals surface area contributed by atoms with Crippen molar-refractivity contribution < 1.29 is 4.74 Å². The summed E-state index contributed by atoms with van der Waals surface area (Å²) in [4.78, 5) is 13.4. The zero-order chi connectivity index (χ0) is 20.5. The molecule has 0 amide bonds. The first-order chi connectivity index (χ1) is 14.2. The van der Waals surface area contributed by atoms with Crippen LogP contribution in [-0.2, 0) is 24.0 Å². The summed E-state index contributed by atoms with van der Waals surface area (Å²) in [5.41, 5.74) is 1.38. The SMILES string of the molecule is CN=C(NCCCc1nc2c(s1)CCCC2)NCC(CC(C)C)N1CCOCC1.I. The van der Waals surface area contributed by atoms with Crippen LogP contribution < -0.4 is 10.6 Å². The molecule has 3 rings (SSSR count). The molecule has 1 aromatic heterocycles. The molecular formula is C22H40IN5OS. The predicted octanol–water partition coefficient (Wildman–Crippen LogP) is 3.48. The minimum atomic E-state index is 0. The second-order valence-electron chi connectivity index (χ2n) is 8.60. The Balaban J connectivity index is 0.00000320. The van der Waals surface area contributed by atoms with E-state index in [0.29, 0.717) is 12.0 Å². The summed E-state index contributed by atoms with van der Waals surface area (Å²) in [5.74, 6) is 1.59. The minimum absolute atomic E-state index is 0. The van der Waals surface area contributed by atoms with Crippen LogP contribution in [0.5, 0.6) is 0 Å². The van der Waals surface area contributed by atoms with Gasteiger partial charge in [0.25, 0.3) is 0 Å². The minimum Gasteiger partial charge on any atom is -0.379 e. The molecule has 1 aromatic rings. The van der Waals surface area contributed by atoms with E-state index in [1.165, 1.54) is 47.7 Å². The number of aryl methyl sites for hydroxylation is 3. The van der Waals surface area contributed by atoms with Crippen LogP contribution in [-0.4, -0.2) is 68.3 Å².